The van der Waals surface area contributed by atoms with Gasteiger partial charge in [0.15, 0.2) is 0 Å². The number of carbonyl (C=O) groups is 1. The molecule has 0 atom stereocenters. The Labute approximate surface area is 50.7 Å². The summed E-state index contributed by atoms with van der Waals surface area (Å²) in [5, 5.41) is 0. The van der Waals surface area contributed by atoms with E-state index in [0.717, 1.165) is 0 Å². The van der Waals surface area contributed by atoms with E-state index in [9.17, 15) is 0 Å². The Morgan fingerprint density at radius 1 is 1.20 bits per heavy atom. The molecule has 0 aromatic rings. The molecule has 0 unspecified atom stereocenters. The van der Waals surface area contributed by atoms with Crippen LogP contribution in [0.5, 0.6) is 0 Å². The van der Waals surface area contributed by atoms with Crippen molar-refractivity contribution in [3.8, 4) is 0 Å². The minimum absolute atomic E-state index is 0. The fourth-order valence-electron chi connectivity index (χ4n) is 0. The number of hydrogen-bond donors (Lipinski definition) is 0. The van der Waals surface area contributed by atoms with Crippen LogP contribution < -0.4 is 0 Å². The minimum atomic E-state index is 0. The van der Waals surface area contributed by atoms with Crippen LogP contribution in [-0.2, 0) is 43.7 Å². The topological polar surface area (TPSA) is 34.1 Å². The SMILES string of the molecule is C=O.[Fe].[O]=[Zn]. The standard InChI is InChI=1S/CH2O.Fe.O.Zn/c1-2;;;/h1H2;;;. The van der Waals surface area contributed by atoms with Gasteiger partial charge in [-0.15, -0.1) is 0 Å². The van der Waals surface area contributed by atoms with Gasteiger partial charge in [0.25, 0.3) is 0 Å². The molecule has 28 valence electrons. The Kier molecular flexibility index (Phi) is 561. The summed E-state index contributed by atoms with van der Waals surface area (Å²) in [4.78, 5) is 8.00. The molecule has 0 aliphatic rings. The number of rotatable bonds is 0. The molecule has 5 heavy (non-hydrogen) atoms. The molecule has 0 radical (unpaired) electrons. The van der Waals surface area contributed by atoms with Gasteiger partial charge in [-0.2, -0.15) is 0 Å². The van der Waals surface area contributed by atoms with Gasteiger partial charge in [0, 0.05) is 17.1 Å². The van der Waals surface area contributed by atoms with E-state index in [1.807, 2.05) is 6.79 Å². The molecule has 0 rings (SSSR count). The zero-order chi connectivity index (χ0) is 4.00. The van der Waals surface area contributed by atoms with Gasteiger partial charge in [-0.3, -0.25) is 0 Å². The maximum atomic E-state index is 8.38. The summed E-state index contributed by atoms with van der Waals surface area (Å²) in [6, 6.07) is 0. The van der Waals surface area contributed by atoms with Crippen molar-refractivity contribution >= 4 is 6.79 Å². The van der Waals surface area contributed by atoms with Gasteiger partial charge in [0.2, 0.25) is 0 Å². The first-order chi connectivity index (χ1) is 2.00. The van der Waals surface area contributed by atoms with Crippen molar-refractivity contribution in [1.82, 2.24) is 0 Å². The summed E-state index contributed by atoms with van der Waals surface area (Å²) < 4.78 is 8.38. The van der Waals surface area contributed by atoms with Crippen molar-refractivity contribution in [2.45, 2.75) is 0 Å². The zero-order valence-corrected chi connectivity index (χ0v) is 6.66. The molecule has 0 aliphatic heterocycles. The van der Waals surface area contributed by atoms with Gasteiger partial charge in [-0.1, -0.05) is 0 Å². The Morgan fingerprint density at radius 2 is 1.20 bits per heavy atom. The van der Waals surface area contributed by atoms with Gasteiger partial charge in [-0.05, 0) is 0 Å². The summed E-state index contributed by atoms with van der Waals surface area (Å²) in [6.07, 6.45) is 0. The van der Waals surface area contributed by atoms with Crippen LogP contribution in [0.15, 0.2) is 0 Å². The number of hydrogen-bond acceptors (Lipinski definition) is 2. The maximum absolute atomic E-state index is 8.38. The molecule has 0 bridgehead atoms. The molecule has 0 spiro atoms. The Balaban J connectivity index is -0.0000000133. The van der Waals surface area contributed by atoms with Gasteiger partial charge < -0.3 is 4.79 Å². The van der Waals surface area contributed by atoms with Gasteiger partial charge >= 0.3 is 21.8 Å². The normalized spacial score (nSPS) is 2.00. The van der Waals surface area contributed by atoms with Crippen molar-refractivity contribution in [2.75, 3.05) is 0 Å². The van der Waals surface area contributed by atoms with Crippen LogP contribution in [0.25, 0.3) is 0 Å². The van der Waals surface area contributed by atoms with Crippen LogP contribution in [0, 0.1) is 0 Å². The second-order valence-corrected chi connectivity index (χ2v) is 0. The first-order valence-corrected chi connectivity index (χ1v) is 1.79. The van der Waals surface area contributed by atoms with Crippen LogP contribution in [0.2, 0.25) is 0 Å². The fraction of sp³-hybridized carbons (Fsp3) is 0. The van der Waals surface area contributed by atoms with E-state index in [1.54, 1.807) is 0 Å². The summed E-state index contributed by atoms with van der Waals surface area (Å²) in [6.45, 7) is 2.00. The van der Waals surface area contributed by atoms with Crippen LogP contribution in [-0.4, -0.2) is 6.79 Å². The van der Waals surface area contributed by atoms with Crippen LogP contribution in [0.4, 0.5) is 0 Å². The third kappa shape index (κ3) is 83.8. The van der Waals surface area contributed by atoms with Crippen LogP contribution in [0.3, 0.4) is 0 Å². The summed E-state index contributed by atoms with van der Waals surface area (Å²) in [5.41, 5.74) is 0. The molecule has 0 amide bonds. The van der Waals surface area contributed by atoms with Crippen LogP contribution in [0.1, 0.15) is 0 Å². The monoisotopic (exact) mass is 166 g/mol. The van der Waals surface area contributed by atoms with E-state index in [-0.39, 0.29) is 35.3 Å². The van der Waals surface area contributed by atoms with E-state index in [4.69, 9.17) is 8.37 Å². The molecule has 0 aromatic heterocycles. The number of carbonyl (C=O) groups excluding carboxylic acids is 1. The van der Waals surface area contributed by atoms with Crippen molar-refractivity contribution in [3.63, 3.8) is 0 Å². The molecular weight excluding hydrogens is 165 g/mol. The van der Waals surface area contributed by atoms with Gasteiger partial charge in [0.1, 0.15) is 6.79 Å². The molecular formula is CH2FeO2Zn. The van der Waals surface area contributed by atoms with Crippen molar-refractivity contribution < 1.29 is 43.7 Å². The van der Waals surface area contributed by atoms with Gasteiger partial charge in [-0.25, -0.2) is 0 Å². The predicted molar refractivity (Wildman–Crippen MR) is 7.81 cm³/mol. The van der Waals surface area contributed by atoms with E-state index < -0.39 is 0 Å². The van der Waals surface area contributed by atoms with Crippen molar-refractivity contribution in [2.24, 2.45) is 0 Å². The molecule has 0 saturated heterocycles. The molecule has 4 heteroatoms. The third-order valence-electron chi connectivity index (χ3n) is 0. The molecule has 0 aliphatic carbocycles. The third-order valence-corrected chi connectivity index (χ3v) is 0. The second-order valence-electron chi connectivity index (χ2n) is 0. The second kappa shape index (κ2) is 160. The first kappa shape index (κ1) is 17.5. The Bertz CT molecular complexity index is 11.6. The Morgan fingerprint density at radius 3 is 1.20 bits per heavy atom. The van der Waals surface area contributed by atoms with Crippen molar-refractivity contribution in [1.29, 1.82) is 0 Å². The molecule has 0 heterocycles. The summed E-state index contributed by atoms with van der Waals surface area (Å²) >= 11 is 0.125. The van der Waals surface area contributed by atoms with E-state index >= 15 is 0 Å². The zero-order valence-electron chi connectivity index (χ0n) is 2.58. The first-order valence-electron chi connectivity index (χ1n) is 0.577. The van der Waals surface area contributed by atoms with Gasteiger partial charge in [0.05, 0.1) is 0 Å². The average Bonchev–Trinajstić information content (AvgIpc) is 1.50. The Hall–Kier alpha value is 0.613. The van der Waals surface area contributed by atoms with E-state index in [1.165, 1.54) is 0 Å². The average molecular weight is 167 g/mol. The fourth-order valence-corrected chi connectivity index (χ4v) is 0. The summed E-state index contributed by atoms with van der Waals surface area (Å²) in [7, 11) is 0. The molecule has 2 nitrogen and oxygen atoms in total. The quantitative estimate of drug-likeness (QED) is 0.464. The summed E-state index contributed by atoms with van der Waals surface area (Å²) in [5.74, 6) is 0. The molecule has 0 fully saturated rings. The van der Waals surface area contributed by atoms with Crippen molar-refractivity contribution in [3.05, 3.63) is 0 Å². The molecule has 0 saturated carbocycles. The van der Waals surface area contributed by atoms with E-state index in [0.29, 0.717) is 0 Å². The molecule has 0 N–H and O–H groups in total. The predicted octanol–water partition coefficient (Wildman–Crippen LogP) is -0.309. The van der Waals surface area contributed by atoms with E-state index in [2.05, 4.69) is 0 Å². The molecule has 0 aromatic carbocycles. The van der Waals surface area contributed by atoms with Crippen LogP contribution >= 0.6 is 0 Å².